The molecule has 2 aromatic carbocycles. The number of amides is 1. The standard InChI is InChI=1S/C22H21NO7/c1-12-15(11-18(24)23-20(21(25)26)13-7-5-4-6-8-13)22(27)30-17-10-14(28-2)9-16(29-3)19(12)17/h4-10,20H,11H2,1-3H3,(H,23,24)(H,25,26)/t20-/m1/s1. The predicted octanol–water partition coefficient (Wildman–Crippen LogP) is 2.60. The summed E-state index contributed by atoms with van der Waals surface area (Å²) in [6.45, 7) is 1.68. The highest BCUT2D eigenvalue weighted by atomic mass is 16.5. The van der Waals surface area contributed by atoms with Gasteiger partial charge in [-0.3, -0.25) is 4.79 Å². The molecule has 0 radical (unpaired) electrons. The van der Waals surface area contributed by atoms with Gasteiger partial charge >= 0.3 is 11.6 Å². The van der Waals surface area contributed by atoms with Gasteiger partial charge in [-0.25, -0.2) is 9.59 Å². The van der Waals surface area contributed by atoms with Gasteiger partial charge in [0.2, 0.25) is 5.91 Å². The van der Waals surface area contributed by atoms with Crippen molar-refractivity contribution in [1.29, 1.82) is 0 Å². The molecule has 0 bridgehead atoms. The van der Waals surface area contributed by atoms with Gasteiger partial charge in [0.05, 0.1) is 31.6 Å². The van der Waals surface area contributed by atoms with Crippen LogP contribution in [0.3, 0.4) is 0 Å². The molecule has 1 aromatic heterocycles. The summed E-state index contributed by atoms with van der Waals surface area (Å²) < 4.78 is 16.0. The third-order valence-corrected chi connectivity index (χ3v) is 4.79. The number of methoxy groups -OCH3 is 2. The first-order valence-electron chi connectivity index (χ1n) is 9.11. The lowest BCUT2D eigenvalue weighted by atomic mass is 10.0. The molecule has 1 atom stereocenters. The molecule has 0 unspecified atom stereocenters. The van der Waals surface area contributed by atoms with E-state index in [1.807, 2.05) is 0 Å². The molecule has 156 valence electrons. The van der Waals surface area contributed by atoms with Gasteiger partial charge in [-0.15, -0.1) is 0 Å². The zero-order valence-electron chi connectivity index (χ0n) is 16.7. The molecule has 0 aliphatic heterocycles. The SMILES string of the molecule is COc1cc(OC)c2c(C)c(CC(=O)N[C@@H](C(=O)O)c3ccccc3)c(=O)oc2c1. The summed E-state index contributed by atoms with van der Waals surface area (Å²) in [6, 6.07) is 10.3. The first-order valence-corrected chi connectivity index (χ1v) is 9.11. The molecule has 0 saturated carbocycles. The maximum absolute atomic E-state index is 12.6. The molecule has 0 aliphatic rings. The van der Waals surface area contributed by atoms with Crippen LogP contribution < -0.4 is 20.4 Å². The number of fused-ring (bicyclic) bond motifs is 1. The summed E-state index contributed by atoms with van der Waals surface area (Å²) in [6.07, 6.45) is -0.337. The average molecular weight is 411 g/mol. The minimum atomic E-state index is -1.23. The molecule has 2 N–H and O–H groups in total. The summed E-state index contributed by atoms with van der Waals surface area (Å²) in [4.78, 5) is 36.7. The largest absolute Gasteiger partial charge is 0.496 e. The van der Waals surface area contributed by atoms with E-state index in [1.165, 1.54) is 14.2 Å². The van der Waals surface area contributed by atoms with Crippen LogP contribution in [0, 0.1) is 6.92 Å². The Labute approximate surface area is 172 Å². The number of aliphatic carboxylic acids is 1. The van der Waals surface area contributed by atoms with Crippen molar-refractivity contribution in [1.82, 2.24) is 5.32 Å². The molecule has 0 aliphatic carbocycles. The molecule has 30 heavy (non-hydrogen) atoms. The van der Waals surface area contributed by atoms with Gasteiger partial charge < -0.3 is 24.3 Å². The number of nitrogens with one attached hydrogen (secondary N) is 1. The van der Waals surface area contributed by atoms with E-state index in [0.29, 0.717) is 28.0 Å². The first kappa shape index (κ1) is 20.9. The molecule has 3 rings (SSSR count). The Morgan fingerprint density at radius 2 is 1.83 bits per heavy atom. The fourth-order valence-corrected chi connectivity index (χ4v) is 3.27. The molecular weight excluding hydrogens is 390 g/mol. The van der Waals surface area contributed by atoms with Crippen LogP contribution in [0.4, 0.5) is 0 Å². The van der Waals surface area contributed by atoms with E-state index in [1.54, 1.807) is 49.4 Å². The molecule has 0 saturated heterocycles. The number of hydrogen-bond donors (Lipinski definition) is 2. The van der Waals surface area contributed by atoms with Crippen molar-refractivity contribution in [3.63, 3.8) is 0 Å². The lowest BCUT2D eigenvalue weighted by Crippen LogP contribution is -2.35. The van der Waals surface area contributed by atoms with Gasteiger partial charge in [-0.05, 0) is 18.1 Å². The van der Waals surface area contributed by atoms with E-state index >= 15 is 0 Å². The number of ether oxygens (including phenoxy) is 2. The monoisotopic (exact) mass is 411 g/mol. The van der Waals surface area contributed by atoms with Crippen molar-refractivity contribution >= 4 is 22.8 Å². The number of carboxylic acid groups (broad SMARTS) is 1. The Morgan fingerprint density at radius 1 is 1.13 bits per heavy atom. The minimum Gasteiger partial charge on any atom is -0.496 e. The molecule has 3 aromatic rings. The van der Waals surface area contributed by atoms with Crippen LogP contribution in [-0.4, -0.2) is 31.2 Å². The van der Waals surface area contributed by atoms with Gasteiger partial charge in [0.25, 0.3) is 0 Å². The Hall–Kier alpha value is -3.81. The van der Waals surface area contributed by atoms with E-state index in [0.717, 1.165) is 0 Å². The molecule has 0 fully saturated rings. The van der Waals surface area contributed by atoms with Crippen LogP contribution in [0.2, 0.25) is 0 Å². The molecule has 1 heterocycles. The minimum absolute atomic E-state index is 0.126. The zero-order chi connectivity index (χ0) is 21.8. The highest BCUT2D eigenvalue weighted by molar-refractivity contribution is 5.91. The van der Waals surface area contributed by atoms with Crippen LogP contribution in [-0.2, 0) is 16.0 Å². The number of rotatable bonds is 7. The number of carbonyl (C=O) groups is 2. The van der Waals surface area contributed by atoms with E-state index < -0.39 is 23.5 Å². The summed E-state index contributed by atoms with van der Waals surface area (Å²) in [7, 11) is 2.96. The second-order valence-electron chi connectivity index (χ2n) is 6.62. The Balaban J connectivity index is 1.96. The van der Waals surface area contributed by atoms with Crippen molar-refractivity contribution in [2.45, 2.75) is 19.4 Å². The highest BCUT2D eigenvalue weighted by Gasteiger charge is 2.24. The number of aryl methyl sites for hydroxylation is 1. The van der Waals surface area contributed by atoms with Crippen molar-refractivity contribution < 1.29 is 28.6 Å². The normalized spacial score (nSPS) is 11.7. The van der Waals surface area contributed by atoms with Crippen LogP contribution >= 0.6 is 0 Å². The number of hydrogen-bond acceptors (Lipinski definition) is 6. The number of carboxylic acids is 1. The average Bonchev–Trinajstić information content (AvgIpc) is 2.74. The molecule has 0 spiro atoms. The van der Waals surface area contributed by atoms with E-state index in [9.17, 15) is 19.5 Å². The Kier molecular flexibility index (Phi) is 6.06. The maximum atomic E-state index is 12.6. The summed E-state index contributed by atoms with van der Waals surface area (Å²) >= 11 is 0. The van der Waals surface area contributed by atoms with Gasteiger partial charge in [-0.2, -0.15) is 0 Å². The quantitative estimate of drug-likeness (QED) is 0.574. The fraction of sp³-hybridized carbons (Fsp3) is 0.227. The number of carbonyl (C=O) groups excluding carboxylic acids is 1. The topological polar surface area (TPSA) is 115 Å². The van der Waals surface area contributed by atoms with Crippen LogP contribution in [0.15, 0.2) is 51.7 Å². The van der Waals surface area contributed by atoms with Crippen LogP contribution in [0.5, 0.6) is 11.5 Å². The fourth-order valence-electron chi connectivity index (χ4n) is 3.27. The smallest absolute Gasteiger partial charge is 0.340 e. The van der Waals surface area contributed by atoms with Crippen LogP contribution in [0.1, 0.15) is 22.7 Å². The maximum Gasteiger partial charge on any atom is 0.340 e. The second kappa shape index (κ2) is 8.69. The molecule has 8 nitrogen and oxygen atoms in total. The predicted molar refractivity (Wildman–Crippen MR) is 109 cm³/mol. The van der Waals surface area contributed by atoms with E-state index in [4.69, 9.17) is 13.9 Å². The summed E-state index contributed by atoms with van der Waals surface area (Å²) in [5.74, 6) is -0.932. The first-order chi connectivity index (χ1) is 14.3. The van der Waals surface area contributed by atoms with E-state index in [-0.39, 0.29) is 17.6 Å². The van der Waals surface area contributed by atoms with Crippen LogP contribution in [0.25, 0.3) is 11.0 Å². The lowest BCUT2D eigenvalue weighted by Gasteiger charge is -2.16. The Morgan fingerprint density at radius 3 is 2.43 bits per heavy atom. The Bertz CT molecular complexity index is 1150. The highest BCUT2D eigenvalue weighted by Crippen LogP contribution is 2.33. The second-order valence-corrected chi connectivity index (χ2v) is 6.62. The summed E-state index contributed by atoms with van der Waals surface area (Å²) in [5, 5.41) is 12.5. The third-order valence-electron chi connectivity index (χ3n) is 4.79. The van der Waals surface area contributed by atoms with Crippen molar-refractivity contribution in [2.75, 3.05) is 14.2 Å². The van der Waals surface area contributed by atoms with Crippen molar-refractivity contribution in [3.05, 3.63) is 69.6 Å². The van der Waals surface area contributed by atoms with Gasteiger partial charge in [-0.1, -0.05) is 30.3 Å². The molecular formula is C22H21NO7. The van der Waals surface area contributed by atoms with E-state index in [2.05, 4.69) is 5.32 Å². The lowest BCUT2D eigenvalue weighted by molar-refractivity contribution is -0.142. The van der Waals surface area contributed by atoms with Gasteiger partial charge in [0.1, 0.15) is 17.1 Å². The number of benzene rings is 2. The molecule has 1 amide bonds. The van der Waals surface area contributed by atoms with Crippen molar-refractivity contribution in [2.24, 2.45) is 0 Å². The molecule has 8 heteroatoms. The zero-order valence-corrected chi connectivity index (χ0v) is 16.7. The summed E-state index contributed by atoms with van der Waals surface area (Å²) in [5.41, 5.74) is 0.653. The van der Waals surface area contributed by atoms with Gasteiger partial charge in [0, 0.05) is 12.1 Å². The van der Waals surface area contributed by atoms with Crippen molar-refractivity contribution in [3.8, 4) is 11.5 Å². The third kappa shape index (κ3) is 4.12. The van der Waals surface area contributed by atoms with Gasteiger partial charge in [0.15, 0.2) is 6.04 Å².